The van der Waals surface area contributed by atoms with E-state index in [0.29, 0.717) is 11.3 Å². The summed E-state index contributed by atoms with van der Waals surface area (Å²) in [5.41, 5.74) is 2.18. The monoisotopic (exact) mass is 383 g/mol. The number of aryl methyl sites for hydroxylation is 2. The van der Waals surface area contributed by atoms with Gasteiger partial charge in [0.1, 0.15) is 5.76 Å². The number of nitrogens with zero attached hydrogens (tertiary/aromatic N) is 1. The van der Waals surface area contributed by atoms with Gasteiger partial charge >= 0.3 is 0 Å². The fourth-order valence-corrected chi connectivity index (χ4v) is 3.35. The largest absolute Gasteiger partial charge is 0.361 e. The minimum atomic E-state index is -2.63. The van der Waals surface area contributed by atoms with Crippen LogP contribution >= 0.6 is 11.8 Å². The molecule has 2 N–H and O–H groups in total. The maximum absolute atomic E-state index is 12.3. The normalized spacial score (nSPS) is 10.8. The van der Waals surface area contributed by atoms with Gasteiger partial charge in [0.2, 0.25) is 5.91 Å². The number of hydrogen-bond donors (Lipinski definition) is 2. The number of hydrogen-bond acceptors (Lipinski definition) is 5. The van der Waals surface area contributed by atoms with E-state index in [1.807, 2.05) is 25.2 Å². The summed E-state index contributed by atoms with van der Waals surface area (Å²) in [6.45, 7) is 2.57. The Morgan fingerprint density at radius 3 is 2.62 bits per heavy atom. The number of benzene rings is 1. The molecule has 0 saturated carbocycles. The van der Waals surface area contributed by atoms with Crippen molar-refractivity contribution in [2.45, 2.75) is 30.9 Å². The van der Waals surface area contributed by atoms with Crippen molar-refractivity contribution in [3.8, 4) is 0 Å². The second-order valence-electron chi connectivity index (χ2n) is 5.47. The topological polar surface area (TPSA) is 84.2 Å². The molecule has 6 nitrogen and oxygen atoms in total. The second-order valence-corrected chi connectivity index (χ2v) is 6.48. The molecule has 0 spiro atoms. The van der Waals surface area contributed by atoms with E-state index < -0.39 is 24.8 Å². The molecule has 1 aromatic carbocycles. The standard InChI is InChI=1S/C17H19F2N3O3S/c1-10-13(11(2)25-22-10)9-26-14-6-4-3-5-12(14)17(24)21-8-16(23)20-7-15(18)19/h3-6,15H,7-9H2,1-2H3,(H,20,23)(H,21,24). The van der Waals surface area contributed by atoms with Crippen molar-refractivity contribution >= 4 is 23.6 Å². The lowest BCUT2D eigenvalue weighted by molar-refractivity contribution is -0.120. The lowest BCUT2D eigenvalue weighted by atomic mass is 10.2. The maximum atomic E-state index is 12.3. The summed E-state index contributed by atoms with van der Waals surface area (Å²) in [5, 5.41) is 8.37. The number of rotatable bonds is 8. The zero-order chi connectivity index (χ0) is 19.1. The average Bonchev–Trinajstić information content (AvgIpc) is 2.94. The van der Waals surface area contributed by atoms with Crippen LogP contribution in [0.3, 0.4) is 0 Å². The number of carbonyl (C=O) groups excluding carboxylic acids is 2. The maximum Gasteiger partial charge on any atom is 0.255 e. The minimum Gasteiger partial charge on any atom is -0.361 e. The molecule has 0 saturated heterocycles. The summed E-state index contributed by atoms with van der Waals surface area (Å²) in [4.78, 5) is 24.5. The van der Waals surface area contributed by atoms with Crippen LogP contribution in [0.25, 0.3) is 0 Å². The average molecular weight is 383 g/mol. The van der Waals surface area contributed by atoms with Crippen LogP contribution < -0.4 is 10.6 Å². The smallest absolute Gasteiger partial charge is 0.255 e. The summed E-state index contributed by atoms with van der Waals surface area (Å²) < 4.78 is 29.2. The third-order valence-corrected chi connectivity index (χ3v) is 4.65. The van der Waals surface area contributed by atoms with E-state index in [1.54, 1.807) is 18.2 Å². The molecule has 0 aliphatic heterocycles. The highest BCUT2D eigenvalue weighted by Gasteiger charge is 2.15. The Balaban J connectivity index is 1.97. The SMILES string of the molecule is Cc1noc(C)c1CSc1ccccc1C(=O)NCC(=O)NCC(F)F. The van der Waals surface area contributed by atoms with Crippen molar-refractivity contribution in [2.75, 3.05) is 13.1 Å². The van der Waals surface area contributed by atoms with Gasteiger partial charge in [-0.15, -0.1) is 11.8 Å². The first kappa shape index (κ1) is 19.9. The third-order valence-electron chi connectivity index (χ3n) is 3.55. The summed E-state index contributed by atoms with van der Waals surface area (Å²) in [6, 6.07) is 6.96. The van der Waals surface area contributed by atoms with E-state index in [2.05, 4.69) is 10.5 Å². The number of alkyl halides is 2. The highest BCUT2D eigenvalue weighted by molar-refractivity contribution is 7.98. The molecule has 2 amide bonds. The van der Waals surface area contributed by atoms with Crippen molar-refractivity contribution in [2.24, 2.45) is 0 Å². The van der Waals surface area contributed by atoms with Gasteiger partial charge in [0, 0.05) is 16.2 Å². The second kappa shape index (κ2) is 9.33. The van der Waals surface area contributed by atoms with Crippen LogP contribution in [0.4, 0.5) is 8.78 Å². The van der Waals surface area contributed by atoms with E-state index in [-0.39, 0.29) is 6.54 Å². The molecule has 2 rings (SSSR count). The Kier molecular flexibility index (Phi) is 7.14. The minimum absolute atomic E-state index is 0.367. The molecule has 0 unspecified atom stereocenters. The van der Waals surface area contributed by atoms with Crippen LogP contribution in [-0.4, -0.2) is 36.5 Å². The summed E-state index contributed by atoms with van der Waals surface area (Å²) in [7, 11) is 0. The van der Waals surface area contributed by atoms with Gasteiger partial charge in [-0.1, -0.05) is 17.3 Å². The van der Waals surface area contributed by atoms with Crippen LogP contribution in [0.1, 0.15) is 27.4 Å². The summed E-state index contributed by atoms with van der Waals surface area (Å²) in [5.74, 6) is 0.201. The molecule has 0 aliphatic carbocycles. The van der Waals surface area contributed by atoms with E-state index >= 15 is 0 Å². The predicted molar refractivity (Wildman–Crippen MR) is 93.3 cm³/mol. The van der Waals surface area contributed by atoms with Crippen LogP contribution in [-0.2, 0) is 10.5 Å². The van der Waals surface area contributed by atoms with E-state index in [0.717, 1.165) is 21.9 Å². The fourth-order valence-electron chi connectivity index (χ4n) is 2.15. The Labute approximate surface area is 153 Å². The van der Waals surface area contributed by atoms with Crippen LogP contribution in [0.2, 0.25) is 0 Å². The Morgan fingerprint density at radius 2 is 1.96 bits per heavy atom. The van der Waals surface area contributed by atoms with Crippen molar-refractivity contribution in [3.63, 3.8) is 0 Å². The molecule has 9 heteroatoms. The Hall–Kier alpha value is -2.42. The molecule has 1 aromatic heterocycles. The molecular weight excluding hydrogens is 364 g/mol. The van der Waals surface area contributed by atoms with E-state index in [9.17, 15) is 18.4 Å². The van der Waals surface area contributed by atoms with Gasteiger partial charge in [-0.3, -0.25) is 9.59 Å². The van der Waals surface area contributed by atoms with E-state index in [1.165, 1.54) is 11.8 Å². The molecule has 0 aliphatic rings. The van der Waals surface area contributed by atoms with Gasteiger partial charge in [0.25, 0.3) is 12.3 Å². The van der Waals surface area contributed by atoms with Gasteiger partial charge in [-0.2, -0.15) is 0 Å². The number of aromatic nitrogens is 1. The molecular formula is C17H19F2N3O3S. The third kappa shape index (κ3) is 5.55. The van der Waals surface area contributed by atoms with Gasteiger partial charge in [-0.25, -0.2) is 8.78 Å². The molecule has 1 heterocycles. The van der Waals surface area contributed by atoms with Crippen LogP contribution in [0, 0.1) is 13.8 Å². The van der Waals surface area contributed by atoms with Gasteiger partial charge in [0.05, 0.1) is 24.3 Å². The number of amides is 2. The highest BCUT2D eigenvalue weighted by Crippen LogP contribution is 2.28. The zero-order valence-electron chi connectivity index (χ0n) is 14.3. The summed E-state index contributed by atoms with van der Waals surface area (Å²) >= 11 is 1.45. The Morgan fingerprint density at radius 1 is 1.23 bits per heavy atom. The molecule has 0 fully saturated rings. The van der Waals surface area contributed by atoms with Gasteiger partial charge < -0.3 is 15.2 Å². The van der Waals surface area contributed by atoms with Crippen molar-refractivity contribution in [1.82, 2.24) is 15.8 Å². The van der Waals surface area contributed by atoms with Crippen molar-refractivity contribution in [1.29, 1.82) is 0 Å². The van der Waals surface area contributed by atoms with Crippen molar-refractivity contribution in [3.05, 3.63) is 46.8 Å². The molecule has 0 bridgehead atoms. The molecule has 2 aromatic rings. The Bertz CT molecular complexity index is 761. The lowest BCUT2D eigenvalue weighted by Gasteiger charge is -2.10. The predicted octanol–water partition coefficient (Wildman–Crippen LogP) is 2.69. The van der Waals surface area contributed by atoms with Crippen LogP contribution in [0.5, 0.6) is 0 Å². The molecule has 0 atom stereocenters. The van der Waals surface area contributed by atoms with Gasteiger partial charge in [0.15, 0.2) is 0 Å². The van der Waals surface area contributed by atoms with Crippen molar-refractivity contribution < 1.29 is 22.9 Å². The fraction of sp³-hybridized carbons (Fsp3) is 0.353. The quantitative estimate of drug-likeness (QED) is 0.685. The summed E-state index contributed by atoms with van der Waals surface area (Å²) in [6.07, 6.45) is -2.63. The molecule has 26 heavy (non-hydrogen) atoms. The number of halogens is 2. The lowest BCUT2D eigenvalue weighted by Crippen LogP contribution is -2.38. The first-order valence-electron chi connectivity index (χ1n) is 7.85. The van der Waals surface area contributed by atoms with E-state index in [4.69, 9.17) is 4.52 Å². The molecule has 0 radical (unpaired) electrons. The number of thioether (sulfide) groups is 1. The first-order chi connectivity index (χ1) is 12.4. The van der Waals surface area contributed by atoms with Gasteiger partial charge in [-0.05, 0) is 26.0 Å². The molecule has 140 valence electrons. The number of carbonyl (C=O) groups is 2. The van der Waals surface area contributed by atoms with Crippen LogP contribution in [0.15, 0.2) is 33.7 Å². The highest BCUT2D eigenvalue weighted by atomic mass is 32.2. The number of nitrogens with one attached hydrogen (secondary N) is 2. The first-order valence-corrected chi connectivity index (χ1v) is 8.83. The zero-order valence-corrected chi connectivity index (χ0v) is 15.2.